The smallest absolute Gasteiger partial charge is 0.313 e. The molecule has 6 heteroatoms. The molecule has 0 amide bonds. The molecule has 4 nitrogen and oxygen atoms in total. The van der Waals surface area contributed by atoms with Gasteiger partial charge in [-0.1, -0.05) is 38.4 Å². The number of fused-ring (bicyclic) bond motifs is 3. The second-order valence-corrected chi connectivity index (χ2v) is 13.6. The Balaban J connectivity index is 1.83. The zero-order valence-electron chi connectivity index (χ0n) is 15.8. The Bertz CT molecular complexity index is 695. The Morgan fingerprint density at radius 3 is 2.60 bits per heavy atom. The molecule has 0 spiro atoms. The van der Waals surface area contributed by atoms with Crippen LogP contribution in [0, 0.1) is 5.92 Å². The molecule has 0 saturated heterocycles. The van der Waals surface area contributed by atoms with Gasteiger partial charge in [0.1, 0.15) is 17.8 Å². The summed E-state index contributed by atoms with van der Waals surface area (Å²) in [4.78, 5) is 12.1. The van der Waals surface area contributed by atoms with Gasteiger partial charge in [-0.05, 0) is 36.7 Å². The molecule has 1 fully saturated rings. The molecule has 1 aliphatic heterocycles. The van der Waals surface area contributed by atoms with Crippen molar-refractivity contribution >= 4 is 25.9 Å². The number of hydrogen-bond donors (Lipinski definition) is 0. The molecule has 3 unspecified atom stereocenters. The predicted octanol–water partition coefficient (Wildman–Crippen LogP) is 4.90. The Morgan fingerprint density at radius 2 is 2.00 bits per heavy atom. The quantitative estimate of drug-likeness (QED) is 0.536. The van der Waals surface area contributed by atoms with E-state index in [1.54, 1.807) is 0 Å². The van der Waals surface area contributed by atoms with E-state index in [0.717, 1.165) is 11.1 Å². The molecule has 1 heterocycles. The largest absolute Gasteiger partial charge is 0.487 e. The fraction of sp³-hybridized carbons (Fsp3) is 0.632. The molecule has 138 valence electrons. The van der Waals surface area contributed by atoms with Gasteiger partial charge in [0, 0.05) is 11.5 Å². The molecule has 3 rings (SSSR count). The van der Waals surface area contributed by atoms with Crippen LogP contribution in [0.2, 0.25) is 23.2 Å². The standard InChI is InChI=1S/C19H27ClO4Si/c1-7-22-18(21)15-14-13-11(10-23-25(5,6)19(2,3)4)8-9-12(20)16(13)24-17(14)15/h8-9,14-15,17H,7,10H2,1-6H3. The van der Waals surface area contributed by atoms with Crippen molar-refractivity contribution in [2.45, 2.75) is 64.5 Å². The first-order valence-corrected chi connectivity index (χ1v) is 12.2. The summed E-state index contributed by atoms with van der Waals surface area (Å²) in [7, 11) is -1.86. The van der Waals surface area contributed by atoms with Gasteiger partial charge in [-0.2, -0.15) is 0 Å². The molecule has 1 aromatic carbocycles. The van der Waals surface area contributed by atoms with E-state index in [9.17, 15) is 4.79 Å². The van der Waals surface area contributed by atoms with Crippen LogP contribution in [0.5, 0.6) is 5.75 Å². The first-order valence-electron chi connectivity index (χ1n) is 8.87. The highest BCUT2D eigenvalue weighted by atomic mass is 35.5. The van der Waals surface area contributed by atoms with Crippen LogP contribution in [-0.4, -0.2) is 27.0 Å². The zero-order chi connectivity index (χ0) is 18.6. The third kappa shape index (κ3) is 3.22. The molecule has 2 aliphatic rings. The number of ether oxygens (including phenoxy) is 2. The Kier molecular flexibility index (Phi) is 4.71. The summed E-state index contributed by atoms with van der Waals surface area (Å²) in [6.45, 7) is 13.9. The average Bonchev–Trinajstić information content (AvgIpc) is 3.08. The maximum absolute atomic E-state index is 12.1. The van der Waals surface area contributed by atoms with Crippen molar-refractivity contribution in [3.05, 3.63) is 28.3 Å². The van der Waals surface area contributed by atoms with Crippen molar-refractivity contribution in [3.8, 4) is 5.75 Å². The van der Waals surface area contributed by atoms with Gasteiger partial charge < -0.3 is 13.9 Å². The SMILES string of the molecule is CCOC(=O)C1C2Oc3c(Cl)ccc(CO[Si](C)(C)C(C)(C)C)c3C21. The minimum absolute atomic E-state index is 0.0470. The number of hydrogen-bond acceptors (Lipinski definition) is 4. The third-order valence-corrected chi connectivity index (χ3v) is 10.5. The molecule has 1 aliphatic carbocycles. The zero-order valence-corrected chi connectivity index (χ0v) is 17.6. The summed E-state index contributed by atoms with van der Waals surface area (Å²) >= 11 is 6.31. The van der Waals surface area contributed by atoms with E-state index in [0.29, 0.717) is 24.0 Å². The van der Waals surface area contributed by atoms with Crippen LogP contribution < -0.4 is 4.74 Å². The summed E-state index contributed by atoms with van der Waals surface area (Å²) < 4.78 is 17.5. The monoisotopic (exact) mass is 382 g/mol. The molecule has 3 atom stereocenters. The first kappa shape index (κ1) is 18.7. The van der Waals surface area contributed by atoms with Crippen LogP contribution in [0.15, 0.2) is 12.1 Å². The molecule has 0 aromatic heterocycles. The van der Waals surface area contributed by atoms with Crippen LogP contribution >= 0.6 is 11.6 Å². The van der Waals surface area contributed by atoms with E-state index < -0.39 is 8.32 Å². The van der Waals surface area contributed by atoms with Gasteiger partial charge in [-0.3, -0.25) is 4.79 Å². The van der Waals surface area contributed by atoms with Crippen LogP contribution in [0.3, 0.4) is 0 Å². The fourth-order valence-electron chi connectivity index (χ4n) is 3.13. The molecule has 1 aromatic rings. The van der Waals surface area contributed by atoms with Gasteiger partial charge in [-0.25, -0.2) is 0 Å². The maximum atomic E-state index is 12.1. The lowest BCUT2D eigenvalue weighted by molar-refractivity contribution is -0.145. The number of halogens is 1. The van der Waals surface area contributed by atoms with Gasteiger partial charge >= 0.3 is 5.97 Å². The number of benzene rings is 1. The van der Waals surface area contributed by atoms with Crippen LogP contribution in [-0.2, 0) is 20.6 Å². The van der Waals surface area contributed by atoms with Crippen molar-refractivity contribution in [3.63, 3.8) is 0 Å². The highest BCUT2D eigenvalue weighted by Gasteiger charge is 2.64. The van der Waals surface area contributed by atoms with Crippen molar-refractivity contribution in [1.29, 1.82) is 0 Å². The Labute approximate surface area is 155 Å². The van der Waals surface area contributed by atoms with Gasteiger partial charge in [0.05, 0.1) is 18.2 Å². The number of carbonyl (C=O) groups excluding carboxylic acids is 1. The van der Waals surface area contributed by atoms with Crippen LogP contribution in [0.1, 0.15) is 44.7 Å². The fourth-order valence-corrected chi connectivity index (χ4v) is 4.29. The molecular weight excluding hydrogens is 356 g/mol. The van der Waals surface area contributed by atoms with Gasteiger partial charge in [0.2, 0.25) is 0 Å². The lowest BCUT2D eigenvalue weighted by Gasteiger charge is -2.36. The van der Waals surface area contributed by atoms with E-state index >= 15 is 0 Å². The summed E-state index contributed by atoms with van der Waals surface area (Å²) in [5.74, 6) is 0.372. The van der Waals surface area contributed by atoms with Crippen molar-refractivity contribution in [1.82, 2.24) is 0 Å². The molecule has 0 N–H and O–H groups in total. The highest BCUT2D eigenvalue weighted by Crippen LogP contribution is 2.61. The summed E-state index contributed by atoms with van der Waals surface area (Å²) in [6, 6.07) is 3.86. The maximum Gasteiger partial charge on any atom is 0.313 e. The van der Waals surface area contributed by atoms with Crippen molar-refractivity contribution in [2.75, 3.05) is 6.61 Å². The second-order valence-electron chi connectivity index (χ2n) is 8.38. The van der Waals surface area contributed by atoms with E-state index in [2.05, 4.69) is 33.9 Å². The average molecular weight is 383 g/mol. The van der Waals surface area contributed by atoms with Crippen molar-refractivity contribution in [2.24, 2.45) is 5.92 Å². The van der Waals surface area contributed by atoms with E-state index in [-0.39, 0.29) is 28.9 Å². The van der Waals surface area contributed by atoms with Gasteiger partial charge in [0.15, 0.2) is 8.32 Å². The third-order valence-electron chi connectivity index (χ3n) is 5.73. The summed E-state index contributed by atoms with van der Waals surface area (Å²) in [5.41, 5.74) is 2.11. The number of carbonyl (C=O) groups is 1. The predicted molar refractivity (Wildman–Crippen MR) is 101 cm³/mol. The minimum Gasteiger partial charge on any atom is -0.487 e. The molecule has 0 radical (unpaired) electrons. The highest BCUT2D eigenvalue weighted by molar-refractivity contribution is 6.74. The van der Waals surface area contributed by atoms with Crippen LogP contribution in [0.4, 0.5) is 0 Å². The van der Waals surface area contributed by atoms with Gasteiger partial charge in [0.25, 0.3) is 0 Å². The molecule has 0 bridgehead atoms. The second kappa shape index (κ2) is 6.29. The first-order chi connectivity index (χ1) is 11.6. The molecule has 25 heavy (non-hydrogen) atoms. The van der Waals surface area contributed by atoms with E-state index in [1.807, 2.05) is 19.1 Å². The molecular formula is C19H27ClO4Si. The normalized spacial score (nSPS) is 24.4. The summed E-state index contributed by atoms with van der Waals surface area (Å²) in [6.07, 6.45) is -0.138. The minimum atomic E-state index is -1.86. The lowest BCUT2D eigenvalue weighted by Crippen LogP contribution is -2.40. The van der Waals surface area contributed by atoms with E-state index in [4.69, 9.17) is 25.5 Å². The van der Waals surface area contributed by atoms with Crippen LogP contribution in [0.25, 0.3) is 0 Å². The summed E-state index contributed by atoms with van der Waals surface area (Å²) in [5, 5.41) is 0.746. The number of esters is 1. The Morgan fingerprint density at radius 1 is 1.32 bits per heavy atom. The van der Waals surface area contributed by atoms with E-state index in [1.165, 1.54) is 0 Å². The van der Waals surface area contributed by atoms with Gasteiger partial charge in [-0.15, -0.1) is 0 Å². The van der Waals surface area contributed by atoms with Crippen molar-refractivity contribution < 1.29 is 18.7 Å². The topological polar surface area (TPSA) is 44.8 Å². The molecule has 1 saturated carbocycles. The Hall–Kier alpha value is -1.04. The lowest BCUT2D eigenvalue weighted by atomic mass is 10.0. The number of rotatable bonds is 5.